The highest BCUT2D eigenvalue weighted by Crippen LogP contribution is 2.33. The summed E-state index contributed by atoms with van der Waals surface area (Å²) < 4.78 is 0. The second-order valence-electron chi connectivity index (χ2n) is 9.21. The summed E-state index contributed by atoms with van der Waals surface area (Å²) >= 11 is 0. The molecule has 1 amide bonds. The molecule has 5 rings (SSSR count). The molecule has 2 aromatic carbocycles. The third-order valence-electron chi connectivity index (χ3n) is 6.38. The van der Waals surface area contributed by atoms with Crippen molar-refractivity contribution < 1.29 is 9.90 Å². The number of H-pyrrole nitrogens is 1. The molecule has 0 bridgehead atoms. The Kier molecular flexibility index (Phi) is 5.30. The molecule has 3 N–H and O–H groups in total. The lowest BCUT2D eigenvalue weighted by Gasteiger charge is -2.29. The number of hydrogen-bond acceptors (Lipinski definition) is 4. The zero-order valence-electron chi connectivity index (χ0n) is 18.2. The van der Waals surface area contributed by atoms with E-state index >= 15 is 0 Å². The number of amides is 1. The molecular weight excluding hydrogens is 388 g/mol. The number of carbonyl (C=O) groups is 1. The Balaban J connectivity index is 1.48. The molecule has 2 aliphatic rings. The molecule has 1 fully saturated rings. The van der Waals surface area contributed by atoms with E-state index in [0.717, 1.165) is 72.3 Å². The molecule has 0 saturated carbocycles. The van der Waals surface area contributed by atoms with Gasteiger partial charge in [-0.15, -0.1) is 0 Å². The number of aromatic nitrogens is 1. The maximum Gasteiger partial charge on any atom is 0.252 e. The van der Waals surface area contributed by atoms with Gasteiger partial charge in [0.25, 0.3) is 5.91 Å². The van der Waals surface area contributed by atoms with E-state index in [1.807, 2.05) is 0 Å². The third kappa shape index (κ3) is 4.11. The molecule has 6 nitrogen and oxygen atoms in total. The van der Waals surface area contributed by atoms with Gasteiger partial charge in [0.05, 0.1) is 11.7 Å². The molecular formula is C25H30N4O2. The van der Waals surface area contributed by atoms with Gasteiger partial charge in [-0.3, -0.25) is 9.69 Å². The van der Waals surface area contributed by atoms with Gasteiger partial charge in [-0.05, 0) is 67.9 Å². The van der Waals surface area contributed by atoms with Crippen molar-refractivity contribution in [3.8, 4) is 11.3 Å². The maximum absolute atomic E-state index is 12.5. The lowest BCUT2D eigenvalue weighted by Crippen LogP contribution is -2.35. The topological polar surface area (TPSA) is 71.6 Å². The van der Waals surface area contributed by atoms with Crippen LogP contribution in [0, 0.1) is 0 Å². The monoisotopic (exact) mass is 418 g/mol. The van der Waals surface area contributed by atoms with Gasteiger partial charge in [-0.25, -0.2) is 0 Å². The molecule has 0 radical (unpaired) electrons. The van der Waals surface area contributed by atoms with Gasteiger partial charge in [-0.2, -0.15) is 0 Å². The standard InChI is InChI=1S/C25H30N4O2/c1-28(2)14-17-10-19-13-26-25(31)24(19)21(11-17)23-12-18-9-16(3-4-22(18)27-23)15-29-7-5-20(30)6-8-29/h3-4,9-12,20,27,30H,5-8,13-15H2,1-2H3,(H,26,31). The fraction of sp³-hybridized carbons (Fsp3) is 0.400. The minimum Gasteiger partial charge on any atom is -0.393 e. The zero-order chi connectivity index (χ0) is 21.5. The summed E-state index contributed by atoms with van der Waals surface area (Å²) in [6.07, 6.45) is 1.56. The van der Waals surface area contributed by atoms with Crippen molar-refractivity contribution in [1.82, 2.24) is 20.1 Å². The average molecular weight is 419 g/mol. The predicted octanol–water partition coefficient (Wildman–Crippen LogP) is 3.10. The van der Waals surface area contributed by atoms with Crippen LogP contribution in [-0.4, -0.2) is 59.1 Å². The van der Waals surface area contributed by atoms with Crippen molar-refractivity contribution in [3.05, 3.63) is 58.7 Å². The van der Waals surface area contributed by atoms with Crippen molar-refractivity contribution in [2.24, 2.45) is 0 Å². The van der Waals surface area contributed by atoms with Crippen molar-refractivity contribution in [3.63, 3.8) is 0 Å². The van der Waals surface area contributed by atoms with Crippen LogP contribution in [0.15, 0.2) is 36.4 Å². The van der Waals surface area contributed by atoms with Crippen molar-refractivity contribution in [2.75, 3.05) is 27.2 Å². The van der Waals surface area contributed by atoms with Gasteiger partial charge in [0.15, 0.2) is 0 Å². The van der Waals surface area contributed by atoms with Crippen LogP contribution in [-0.2, 0) is 19.6 Å². The number of aliphatic hydroxyl groups excluding tert-OH is 1. The molecule has 1 aromatic heterocycles. The Hall–Kier alpha value is -2.67. The number of piperidine rings is 1. The minimum atomic E-state index is -0.145. The van der Waals surface area contributed by atoms with Crippen LogP contribution in [0.5, 0.6) is 0 Å². The van der Waals surface area contributed by atoms with E-state index < -0.39 is 0 Å². The van der Waals surface area contributed by atoms with Crippen LogP contribution in [0.4, 0.5) is 0 Å². The number of hydrogen-bond donors (Lipinski definition) is 3. The molecule has 0 atom stereocenters. The van der Waals surface area contributed by atoms with Crippen LogP contribution in [0.2, 0.25) is 0 Å². The van der Waals surface area contributed by atoms with Gasteiger partial charge in [0, 0.05) is 54.9 Å². The predicted molar refractivity (Wildman–Crippen MR) is 123 cm³/mol. The highest BCUT2D eigenvalue weighted by Gasteiger charge is 2.25. The molecule has 3 aromatic rings. The van der Waals surface area contributed by atoms with E-state index in [0.29, 0.717) is 6.54 Å². The SMILES string of the molecule is CN(C)Cc1cc2c(c(-c3cc4cc(CN5CCC(O)CC5)ccc4[nH]3)c1)C(=O)NC2. The summed E-state index contributed by atoms with van der Waals surface area (Å²) in [7, 11) is 4.12. The maximum atomic E-state index is 12.5. The second kappa shape index (κ2) is 8.11. The zero-order valence-corrected chi connectivity index (χ0v) is 18.2. The number of nitrogens with zero attached hydrogens (tertiary/aromatic N) is 2. The first-order chi connectivity index (χ1) is 15.0. The Labute approximate surface area is 182 Å². The van der Waals surface area contributed by atoms with Crippen molar-refractivity contribution >= 4 is 16.8 Å². The molecule has 2 aliphatic heterocycles. The van der Waals surface area contributed by atoms with E-state index in [1.165, 1.54) is 11.1 Å². The summed E-state index contributed by atoms with van der Waals surface area (Å²) in [5, 5.41) is 13.9. The van der Waals surface area contributed by atoms with Crippen LogP contribution >= 0.6 is 0 Å². The van der Waals surface area contributed by atoms with Crippen LogP contribution < -0.4 is 5.32 Å². The summed E-state index contributed by atoms with van der Waals surface area (Å²) in [6.45, 7) is 4.22. The molecule has 0 unspecified atom stereocenters. The molecule has 0 aliphatic carbocycles. The molecule has 6 heteroatoms. The molecule has 162 valence electrons. The fourth-order valence-corrected chi connectivity index (χ4v) is 4.87. The molecule has 3 heterocycles. The molecule has 0 spiro atoms. The summed E-state index contributed by atoms with van der Waals surface area (Å²) in [5.41, 5.74) is 7.40. The number of nitrogens with one attached hydrogen (secondary N) is 2. The number of aliphatic hydroxyl groups is 1. The van der Waals surface area contributed by atoms with Gasteiger partial charge in [0.2, 0.25) is 0 Å². The second-order valence-corrected chi connectivity index (χ2v) is 9.21. The van der Waals surface area contributed by atoms with Gasteiger partial charge in [-0.1, -0.05) is 12.1 Å². The first kappa shape index (κ1) is 20.2. The van der Waals surface area contributed by atoms with Crippen molar-refractivity contribution in [2.45, 2.75) is 38.6 Å². The number of benzene rings is 2. The number of rotatable bonds is 5. The van der Waals surface area contributed by atoms with E-state index in [1.54, 1.807) is 0 Å². The Morgan fingerprint density at radius 2 is 1.90 bits per heavy atom. The number of likely N-dealkylation sites (tertiary alicyclic amines) is 1. The normalized spacial score (nSPS) is 17.5. The summed E-state index contributed by atoms with van der Waals surface area (Å²) in [4.78, 5) is 20.6. The van der Waals surface area contributed by atoms with Crippen LogP contribution in [0.1, 0.15) is 39.9 Å². The van der Waals surface area contributed by atoms with E-state index in [4.69, 9.17) is 0 Å². The fourth-order valence-electron chi connectivity index (χ4n) is 4.87. The first-order valence-electron chi connectivity index (χ1n) is 11.1. The number of aromatic amines is 1. The van der Waals surface area contributed by atoms with Gasteiger partial charge < -0.3 is 20.3 Å². The lowest BCUT2D eigenvalue weighted by atomic mass is 9.96. The quantitative estimate of drug-likeness (QED) is 0.596. The van der Waals surface area contributed by atoms with Gasteiger partial charge >= 0.3 is 0 Å². The minimum absolute atomic E-state index is 0.00744. The van der Waals surface area contributed by atoms with E-state index in [-0.39, 0.29) is 12.0 Å². The highest BCUT2D eigenvalue weighted by atomic mass is 16.3. The van der Waals surface area contributed by atoms with Crippen LogP contribution in [0.3, 0.4) is 0 Å². The highest BCUT2D eigenvalue weighted by molar-refractivity contribution is 6.05. The summed E-state index contributed by atoms with van der Waals surface area (Å²) in [5.74, 6) is 0.00744. The Morgan fingerprint density at radius 3 is 2.68 bits per heavy atom. The number of carbonyl (C=O) groups excluding carboxylic acids is 1. The average Bonchev–Trinajstić information content (AvgIpc) is 3.32. The lowest BCUT2D eigenvalue weighted by molar-refractivity contribution is 0.0792. The van der Waals surface area contributed by atoms with Crippen LogP contribution in [0.25, 0.3) is 22.2 Å². The van der Waals surface area contributed by atoms with Crippen molar-refractivity contribution in [1.29, 1.82) is 0 Å². The molecule has 1 saturated heterocycles. The molecule has 31 heavy (non-hydrogen) atoms. The first-order valence-corrected chi connectivity index (χ1v) is 11.1. The van der Waals surface area contributed by atoms with E-state index in [2.05, 4.69) is 70.6 Å². The Morgan fingerprint density at radius 1 is 1.10 bits per heavy atom. The van der Waals surface area contributed by atoms with E-state index in [9.17, 15) is 9.90 Å². The largest absolute Gasteiger partial charge is 0.393 e. The third-order valence-corrected chi connectivity index (χ3v) is 6.38. The smallest absolute Gasteiger partial charge is 0.252 e. The number of fused-ring (bicyclic) bond motifs is 2. The Bertz CT molecular complexity index is 1130. The van der Waals surface area contributed by atoms with Gasteiger partial charge in [0.1, 0.15) is 0 Å². The summed E-state index contributed by atoms with van der Waals surface area (Å²) in [6, 6.07) is 13.0.